The number of phenolic OH excluding ortho intramolecular Hbond substituents is 1. The number of rotatable bonds is 3. The highest BCUT2D eigenvalue weighted by Gasteiger charge is 2.24. The molecule has 7 nitrogen and oxygen atoms in total. The summed E-state index contributed by atoms with van der Waals surface area (Å²) in [5.74, 6) is -0.325. The number of primary amides is 1. The topological polar surface area (TPSA) is 120 Å². The van der Waals surface area contributed by atoms with Crippen LogP contribution in [0.2, 0.25) is 0 Å². The average molecular weight is 373 g/mol. The first-order chi connectivity index (χ1) is 13.4. The standard InChI is InChI=1S/C21H19N5O2/c1-11-6-7-16(27)12(2)18(11)26-19(22)17(20(23)28)14-9-13(10-25-21(14)26)15-5-3-4-8-24-15/h3-10,27H,22H2,1-2H3,(H2,23,28). The minimum Gasteiger partial charge on any atom is -0.508 e. The van der Waals surface area contributed by atoms with Gasteiger partial charge >= 0.3 is 0 Å². The van der Waals surface area contributed by atoms with Gasteiger partial charge in [0.1, 0.15) is 17.2 Å². The molecule has 0 aliphatic rings. The number of aryl methyl sites for hydroxylation is 1. The Morgan fingerprint density at radius 2 is 1.93 bits per heavy atom. The summed E-state index contributed by atoms with van der Waals surface area (Å²) >= 11 is 0. The number of amides is 1. The second kappa shape index (κ2) is 6.38. The Bertz CT molecular complexity index is 1230. The van der Waals surface area contributed by atoms with E-state index in [1.54, 1.807) is 36.0 Å². The number of hydrogen-bond donors (Lipinski definition) is 3. The van der Waals surface area contributed by atoms with Gasteiger partial charge in [0, 0.05) is 28.9 Å². The summed E-state index contributed by atoms with van der Waals surface area (Å²) in [4.78, 5) is 21.1. The molecule has 0 saturated carbocycles. The molecule has 0 saturated heterocycles. The molecule has 0 bridgehead atoms. The number of hydrogen-bond acceptors (Lipinski definition) is 5. The van der Waals surface area contributed by atoms with Crippen molar-refractivity contribution in [1.29, 1.82) is 0 Å². The third kappa shape index (κ3) is 2.56. The lowest BCUT2D eigenvalue weighted by molar-refractivity contribution is 0.100. The lowest BCUT2D eigenvalue weighted by Gasteiger charge is -2.15. The van der Waals surface area contributed by atoms with Gasteiger partial charge in [0.05, 0.1) is 16.9 Å². The van der Waals surface area contributed by atoms with Gasteiger partial charge in [-0.3, -0.25) is 14.3 Å². The summed E-state index contributed by atoms with van der Waals surface area (Å²) in [5.41, 5.74) is 16.3. The predicted octanol–water partition coefficient (Wildman–Crippen LogP) is 3.09. The molecule has 140 valence electrons. The van der Waals surface area contributed by atoms with Crippen LogP contribution in [-0.2, 0) is 0 Å². The molecule has 0 radical (unpaired) electrons. The number of benzene rings is 1. The Hall–Kier alpha value is -3.87. The molecular weight excluding hydrogens is 354 g/mol. The second-order valence-electron chi connectivity index (χ2n) is 6.65. The summed E-state index contributed by atoms with van der Waals surface area (Å²) in [5, 5.41) is 10.7. The highest BCUT2D eigenvalue weighted by Crippen LogP contribution is 2.36. The zero-order valence-electron chi connectivity index (χ0n) is 15.5. The molecule has 5 N–H and O–H groups in total. The molecule has 28 heavy (non-hydrogen) atoms. The maximum atomic E-state index is 12.2. The smallest absolute Gasteiger partial charge is 0.253 e. The van der Waals surface area contributed by atoms with Gasteiger partial charge < -0.3 is 16.6 Å². The first-order valence-corrected chi connectivity index (χ1v) is 8.70. The van der Waals surface area contributed by atoms with Crippen LogP contribution in [0.25, 0.3) is 28.0 Å². The first-order valence-electron chi connectivity index (χ1n) is 8.70. The van der Waals surface area contributed by atoms with E-state index in [0.717, 1.165) is 16.8 Å². The first kappa shape index (κ1) is 17.5. The summed E-state index contributed by atoms with van der Waals surface area (Å²) in [6.45, 7) is 3.69. The van der Waals surface area contributed by atoms with E-state index in [1.807, 2.05) is 31.2 Å². The van der Waals surface area contributed by atoms with E-state index in [4.69, 9.17) is 11.5 Å². The number of phenols is 1. The number of nitrogen functional groups attached to an aromatic ring is 1. The van der Waals surface area contributed by atoms with Crippen LogP contribution in [0.5, 0.6) is 5.75 Å². The molecule has 7 heteroatoms. The number of aromatic hydroxyl groups is 1. The molecule has 0 aliphatic carbocycles. The molecule has 1 amide bonds. The molecule has 0 fully saturated rings. The molecule has 1 aromatic carbocycles. The SMILES string of the molecule is Cc1ccc(O)c(C)c1-n1c(N)c(C(N)=O)c2cc(-c3ccccn3)cnc21. The summed E-state index contributed by atoms with van der Waals surface area (Å²) in [7, 11) is 0. The van der Waals surface area contributed by atoms with Crippen LogP contribution in [0.15, 0.2) is 48.8 Å². The Kier molecular flexibility index (Phi) is 4.00. The van der Waals surface area contributed by atoms with E-state index >= 15 is 0 Å². The second-order valence-corrected chi connectivity index (χ2v) is 6.65. The highest BCUT2D eigenvalue weighted by molar-refractivity contribution is 6.11. The van der Waals surface area contributed by atoms with Crippen LogP contribution in [0.4, 0.5) is 5.82 Å². The molecule has 4 aromatic rings. The number of nitrogens with zero attached hydrogens (tertiary/aromatic N) is 3. The molecule has 0 unspecified atom stereocenters. The van der Waals surface area contributed by atoms with E-state index in [-0.39, 0.29) is 17.1 Å². The van der Waals surface area contributed by atoms with Gasteiger partial charge in [-0.2, -0.15) is 0 Å². The fraction of sp³-hybridized carbons (Fsp3) is 0.0952. The largest absolute Gasteiger partial charge is 0.508 e. The Labute approximate surface area is 161 Å². The molecule has 0 aliphatic heterocycles. The maximum absolute atomic E-state index is 12.2. The van der Waals surface area contributed by atoms with Crippen LogP contribution in [0.3, 0.4) is 0 Å². The van der Waals surface area contributed by atoms with Crippen molar-refractivity contribution in [3.05, 3.63) is 65.5 Å². The van der Waals surface area contributed by atoms with Crippen LogP contribution in [0.1, 0.15) is 21.5 Å². The van der Waals surface area contributed by atoms with E-state index in [1.165, 1.54) is 0 Å². The van der Waals surface area contributed by atoms with Crippen LogP contribution in [-0.4, -0.2) is 25.5 Å². The molecular formula is C21H19N5O2. The minimum atomic E-state index is -0.642. The number of fused-ring (bicyclic) bond motifs is 1. The van der Waals surface area contributed by atoms with Crippen molar-refractivity contribution >= 4 is 22.8 Å². The normalized spacial score (nSPS) is 11.1. The lowest BCUT2D eigenvalue weighted by Crippen LogP contribution is -2.14. The van der Waals surface area contributed by atoms with Crippen LogP contribution >= 0.6 is 0 Å². The van der Waals surface area contributed by atoms with Gasteiger partial charge in [0.25, 0.3) is 5.91 Å². The number of anilines is 1. The minimum absolute atomic E-state index is 0.132. The fourth-order valence-electron chi connectivity index (χ4n) is 3.51. The molecule has 0 spiro atoms. The average Bonchev–Trinajstić information content (AvgIpc) is 2.97. The summed E-state index contributed by atoms with van der Waals surface area (Å²) in [6, 6.07) is 10.8. The van der Waals surface area contributed by atoms with Crippen molar-refractivity contribution in [3.8, 4) is 22.7 Å². The number of aromatic nitrogens is 3. The van der Waals surface area contributed by atoms with Crippen molar-refractivity contribution < 1.29 is 9.90 Å². The van der Waals surface area contributed by atoms with Crippen molar-refractivity contribution in [2.75, 3.05) is 5.73 Å². The Balaban J connectivity index is 2.09. The van der Waals surface area contributed by atoms with Gasteiger partial charge in [-0.1, -0.05) is 12.1 Å². The van der Waals surface area contributed by atoms with Crippen molar-refractivity contribution in [3.63, 3.8) is 0 Å². The molecule has 3 aromatic heterocycles. The Morgan fingerprint density at radius 1 is 1.14 bits per heavy atom. The molecule has 4 rings (SSSR count). The number of pyridine rings is 2. The Morgan fingerprint density at radius 3 is 2.61 bits per heavy atom. The zero-order chi connectivity index (χ0) is 20.0. The van der Waals surface area contributed by atoms with Gasteiger partial charge in [0.2, 0.25) is 0 Å². The number of carbonyl (C=O) groups excluding carboxylic acids is 1. The van der Waals surface area contributed by atoms with E-state index in [2.05, 4.69) is 9.97 Å². The van der Waals surface area contributed by atoms with Gasteiger partial charge in [-0.25, -0.2) is 4.98 Å². The van der Waals surface area contributed by atoms with Crippen LogP contribution < -0.4 is 11.5 Å². The monoisotopic (exact) mass is 373 g/mol. The highest BCUT2D eigenvalue weighted by atomic mass is 16.3. The summed E-state index contributed by atoms with van der Waals surface area (Å²) < 4.78 is 1.67. The van der Waals surface area contributed by atoms with E-state index < -0.39 is 5.91 Å². The number of nitrogens with two attached hydrogens (primary N) is 2. The predicted molar refractivity (Wildman–Crippen MR) is 108 cm³/mol. The lowest BCUT2D eigenvalue weighted by atomic mass is 10.1. The van der Waals surface area contributed by atoms with Gasteiger partial charge in [-0.05, 0) is 43.7 Å². The zero-order valence-corrected chi connectivity index (χ0v) is 15.5. The van der Waals surface area contributed by atoms with Gasteiger partial charge in [-0.15, -0.1) is 0 Å². The number of carbonyl (C=O) groups is 1. The molecule has 3 heterocycles. The van der Waals surface area contributed by atoms with Gasteiger partial charge in [0.15, 0.2) is 0 Å². The third-order valence-corrected chi connectivity index (χ3v) is 4.88. The van der Waals surface area contributed by atoms with Crippen molar-refractivity contribution in [2.24, 2.45) is 5.73 Å². The van der Waals surface area contributed by atoms with E-state index in [0.29, 0.717) is 22.3 Å². The maximum Gasteiger partial charge on any atom is 0.253 e. The van der Waals surface area contributed by atoms with Crippen LogP contribution in [0, 0.1) is 13.8 Å². The quantitative estimate of drug-likeness (QED) is 0.510. The van der Waals surface area contributed by atoms with E-state index in [9.17, 15) is 9.90 Å². The molecule has 0 atom stereocenters. The fourth-order valence-corrected chi connectivity index (χ4v) is 3.51. The van der Waals surface area contributed by atoms with Crippen molar-refractivity contribution in [2.45, 2.75) is 13.8 Å². The third-order valence-electron chi connectivity index (χ3n) is 4.88. The summed E-state index contributed by atoms with van der Waals surface area (Å²) in [6.07, 6.45) is 3.37. The van der Waals surface area contributed by atoms with Crippen molar-refractivity contribution in [1.82, 2.24) is 14.5 Å².